The average molecular weight is 514 g/mol. The Hall–Kier alpha value is -3.39. The van der Waals surface area contributed by atoms with Crippen LogP contribution >= 0.6 is 0 Å². The minimum absolute atomic E-state index is 0. The third-order valence-electron chi connectivity index (χ3n) is 5.97. The molecule has 2 fully saturated rings. The molecule has 0 saturated carbocycles. The molecule has 4 rings (SSSR count). The molecule has 0 aliphatic carbocycles. The summed E-state index contributed by atoms with van der Waals surface area (Å²) in [6.45, 7) is 5.99. The molecule has 37 heavy (non-hydrogen) atoms. The highest BCUT2D eigenvalue weighted by Gasteiger charge is 2.19. The van der Waals surface area contributed by atoms with Gasteiger partial charge in [-0.15, -0.1) is 0 Å². The predicted molar refractivity (Wildman–Crippen MR) is 150 cm³/mol. The van der Waals surface area contributed by atoms with Gasteiger partial charge < -0.3 is 29.5 Å². The second-order valence-electron chi connectivity index (χ2n) is 8.66. The van der Waals surface area contributed by atoms with E-state index >= 15 is 0 Å². The summed E-state index contributed by atoms with van der Waals surface area (Å²) in [6, 6.07) is 14.4. The number of carbonyl (C=O) groups is 1. The lowest BCUT2D eigenvalue weighted by Crippen LogP contribution is -2.48. The molecule has 0 atom stereocenters. The van der Waals surface area contributed by atoms with E-state index < -0.39 is 0 Å². The first-order valence-corrected chi connectivity index (χ1v) is 12.3. The molecule has 2 saturated heterocycles. The normalized spacial score (nSPS) is 15.3. The Balaban J connectivity index is 0.000000306. The van der Waals surface area contributed by atoms with E-state index in [9.17, 15) is 9.59 Å². The summed E-state index contributed by atoms with van der Waals surface area (Å²) in [5, 5.41) is 2.89. The molecule has 2 aliphatic rings. The van der Waals surface area contributed by atoms with Gasteiger partial charge in [-0.1, -0.05) is 38.1 Å². The number of likely N-dealkylation sites (tertiary alicyclic amines) is 1. The maximum absolute atomic E-state index is 12.1. The predicted octanol–water partition coefficient (Wildman–Crippen LogP) is 4.88. The molecule has 0 bridgehead atoms. The number of rotatable bonds is 4. The lowest BCUT2D eigenvalue weighted by molar-refractivity contribution is 0.164. The fourth-order valence-electron chi connectivity index (χ4n) is 3.78. The standard InChI is InChI=1S/C13H19N3O2.C8H7NO2.C6H13N.CH4/c1-15-7-9-16(10-8-15)13(17)14-11-5-3-4-6-12(11)18-2;1-11-8-5-3-2-4-7(8)9-6-10;1-7-5-3-2-4-6-7;/h3-6H,7-10H2,1-2H3,(H,14,17);2-5H,1H3;2-6H2,1H3;1H4. The first kappa shape index (κ1) is 31.6. The Bertz CT molecular complexity index is 967. The number of para-hydroxylation sites is 4. The Morgan fingerprint density at radius 2 is 1.35 bits per heavy atom. The van der Waals surface area contributed by atoms with Crippen molar-refractivity contribution in [2.24, 2.45) is 4.99 Å². The quantitative estimate of drug-likeness (QED) is 0.463. The van der Waals surface area contributed by atoms with Crippen molar-refractivity contribution in [3.05, 3.63) is 48.5 Å². The summed E-state index contributed by atoms with van der Waals surface area (Å²) < 4.78 is 10.1. The number of ether oxygens (including phenoxy) is 2. The van der Waals surface area contributed by atoms with Gasteiger partial charge in [-0.05, 0) is 64.3 Å². The highest BCUT2D eigenvalue weighted by Crippen LogP contribution is 2.25. The van der Waals surface area contributed by atoms with Crippen LogP contribution in [-0.2, 0) is 4.79 Å². The summed E-state index contributed by atoms with van der Waals surface area (Å²) >= 11 is 0. The number of piperazine rings is 1. The summed E-state index contributed by atoms with van der Waals surface area (Å²) in [6.07, 6.45) is 5.73. The zero-order valence-electron chi connectivity index (χ0n) is 21.9. The number of methoxy groups -OCH3 is 2. The summed E-state index contributed by atoms with van der Waals surface area (Å²) in [4.78, 5) is 31.9. The fourth-order valence-corrected chi connectivity index (χ4v) is 3.78. The van der Waals surface area contributed by atoms with E-state index in [-0.39, 0.29) is 13.5 Å². The molecule has 2 aromatic carbocycles. The van der Waals surface area contributed by atoms with Crippen LogP contribution in [0, 0.1) is 0 Å². The van der Waals surface area contributed by atoms with Gasteiger partial charge in [0, 0.05) is 26.2 Å². The third-order valence-corrected chi connectivity index (χ3v) is 5.97. The highest BCUT2D eigenvalue weighted by molar-refractivity contribution is 5.91. The zero-order valence-corrected chi connectivity index (χ0v) is 21.9. The number of isocyanates is 1. The number of nitrogens with zero attached hydrogens (tertiary/aromatic N) is 4. The number of nitrogens with one attached hydrogen (secondary N) is 1. The van der Waals surface area contributed by atoms with Crippen molar-refractivity contribution in [3.8, 4) is 11.5 Å². The number of hydrogen-bond donors (Lipinski definition) is 1. The molecule has 1 N–H and O–H groups in total. The van der Waals surface area contributed by atoms with E-state index in [0.29, 0.717) is 22.9 Å². The summed E-state index contributed by atoms with van der Waals surface area (Å²) in [5.74, 6) is 1.26. The number of hydrogen-bond acceptors (Lipinski definition) is 7. The molecule has 0 spiro atoms. The molecule has 0 radical (unpaired) electrons. The van der Waals surface area contributed by atoms with E-state index in [1.54, 1.807) is 25.3 Å². The lowest BCUT2D eigenvalue weighted by Gasteiger charge is -2.32. The smallest absolute Gasteiger partial charge is 0.322 e. The van der Waals surface area contributed by atoms with E-state index in [1.165, 1.54) is 45.5 Å². The van der Waals surface area contributed by atoms with E-state index in [1.807, 2.05) is 35.2 Å². The van der Waals surface area contributed by atoms with Gasteiger partial charge in [0.05, 0.1) is 19.9 Å². The Kier molecular flexibility index (Phi) is 15.3. The van der Waals surface area contributed by atoms with Crippen LogP contribution in [-0.4, -0.2) is 94.4 Å². The van der Waals surface area contributed by atoms with Crippen LogP contribution < -0.4 is 14.8 Å². The largest absolute Gasteiger partial charge is 0.495 e. The van der Waals surface area contributed by atoms with Gasteiger partial charge >= 0.3 is 6.03 Å². The third kappa shape index (κ3) is 11.5. The van der Waals surface area contributed by atoms with Crippen LogP contribution in [0.1, 0.15) is 26.7 Å². The Morgan fingerprint density at radius 1 is 0.811 bits per heavy atom. The molecule has 204 valence electrons. The molecule has 2 aliphatic heterocycles. The molecule has 2 heterocycles. The number of urea groups is 1. The lowest BCUT2D eigenvalue weighted by atomic mass is 10.1. The molecular weight excluding hydrogens is 470 g/mol. The first-order chi connectivity index (χ1) is 17.5. The van der Waals surface area contributed by atoms with Crippen LogP contribution in [0.3, 0.4) is 0 Å². The summed E-state index contributed by atoms with van der Waals surface area (Å²) in [7, 11) is 7.38. The molecular formula is C28H43N5O4. The monoisotopic (exact) mass is 513 g/mol. The second-order valence-corrected chi connectivity index (χ2v) is 8.66. The van der Waals surface area contributed by atoms with Crippen LogP contribution in [0.4, 0.5) is 16.2 Å². The van der Waals surface area contributed by atoms with Crippen molar-refractivity contribution in [2.75, 3.05) is 72.9 Å². The Morgan fingerprint density at radius 3 is 1.89 bits per heavy atom. The molecule has 9 nitrogen and oxygen atoms in total. The molecule has 2 aromatic rings. The van der Waals surface area contributed by atoms with Gasteiger partial charge in [0.2, 0.25) is 6.08 Å². The molecule has 9 heteroatoms. The molecule has 0 unspecified atom stereocenters. The number of carbonyl (C=O) groups excluding carboxylic acids is 2. The van der Waals surface area contributed by atoms with Crippen LogP contribution in [0.25, 0.3) is 0 Å². The van der Waals surface area contributed by atoms with Gasteiger partial charge in [0.25, 0.3) is 0 Å². The Labute approximate surface area is 222 Å². The number of benzene rings is 2. The minimum atomic E-state index is -0.0624. The summed E-state index contributed by atoms with van der Waals surface area (Å²) in [5.41, 5.74) is 1.22. The first-order valence-electron chi connectivity index (χ1n) is 12.3. The van der Waals surface area contributed by atoms with Crippen molar-refractivity contribution in [1.29, 1.82) is 0 Å². The topological polar surface area (TPSA) is 86.7 Å². The van der Waals surface area contributed by atoms with Crippen molar-refractivity contribution < 1.29 is 19.1 Å². The van der Waals surface area contributed by atoms with Gasteiger partial charge in [-0.2, -0.15) is 4.99 Å². The van der Waals surface area contributed by atoms with Gasteiger partial charge in [-0.25, -0.2) is 9.59 Å². The number of likely N-dealkylation sites (N-methyl/N-ethyl adjacent to an activating group) is 1. The van der Waals surface area contributed by atoms with E-state index in [4.69, 9.17) is 9.47 Å². The second kappa shape index (κ2) is 17.9. The van der Waals surface area contributed by atoms with Crippen molar-refractivity contribution in [3.63, 3.8) is 0 Å². The number of amides is 2. The number of anilines is 1. The zero-order chi connectivity index (χ0) is 26.2. The number of piperidine rings is 1. The van der Waals surface area contributed by atoms with Crippen molar-refractivity contribution in [1.82, 2.24) is 14.7 Å². The van der Waals surface area contributed by atoms with Crippen molar-refractivity contribution in [2.45, 2.75) is 26.7 Å². The van der Waals surface area contributed by atoms with Crippen LogP contribution in [0.15, 0.2) is 53.5 Å². The average Bonchev–Trinajstić information content (AvgIpc) is 2.91. The van der Waals surface area contributed by atoms with Crippen molar-refractivity contribution >= 4 is 23.5 Å². The van der Waals surface area contributed by atoms with Gasteiger partial charge in [0.1, 0.15) is 17.2 Å². The maximum Gasteiger partial charge on any atom is 0.322 e. The highest BCUT2D eigenvalue weighted by atomic mass is 16.5. The maximum atomic E-state index is 12.1. The van der Waals surface area contributed by atoms with E-state index in [0.717, 1.165) is 26.2 Å². The van der Waals surface area contributed by atoms with Gasteiger partial charge in [-0.3, -0.25) is 0 Å². The van der Waals surface area contributed by atoms with Crippen LogP contribution in [0.2, 0.25) is 0 Å². The fraction of sp³-hybridized carbons (Fsp3) is 0.500. The van der Waals surface area contributed by atoms with Gasteiger partial charge in [0.15, 0.2) is 0 Å². The minimum Gasteiger partial charge on any atom is -0.495 e. The molecule has 2 amide bonds. The number of aliphatic imine (C=N–C) groups is 1. The van der Waals surface area contributed by atoms with Crippen LogP contribution in [0.5, 0.6) is 11.5 Å². The van der Waals surface area contributed by atoms with E-state index in [2.05, 4.69) is 34.2 Å². The SMILES string of the molecule is C.CN1CCCCC1.COc1ccccc1N=C=O.COc1ccccc1NC(=O)N1CCN(C)CC1. The molecule has 0 aromatic heterocycles.